The maximum absolute atomic E-state index is 3.86. The zero-order valence-corrected chi connectivity index (χ0v) is 13.1. The van der Waals surface area contributed by atoms with Gasteiger partial charge in [-0.05, 0) is 37.6 Å². The fourth-order valence-corrected chi connectivity index (χ4v) is 4.26. The molecule has 0 heterocycles. The summed E-state index contributed by atoms with van der Waals surface area (Å²) in [6, 6.07) is 0.825. The van der Waals surface area contributed by atoms with Crippen molar-refractivity contribution in [1.82, 2.24) is 5.32 Å². The van der Waals surface area contributed by atoms with Gasteiger partial charge >= 0.3 is 0 Å². The van der Waals surface area contributed by atoms with E-state index in [-0.39, 0.29) is 0 Å². The summed E-state index contributed by atoms with van der Waals surface area (Å²) in [5, 5.41) is 3.86. The minimum absolute atomic E-state index is 0.825. The molecule has 112 valence electrons. The van der Waals surface area contributed by atoms with Gasteiger partial charge in [0.05, 0.1) is 0 Å². The van der Waals surface area contributed by atoms with Crippen LogP contribution in [0.1, 0.15) is 90.4 Å². The summed E-state index contributed by atoms with van der Waals surface area (Å²) in [6.07, 6.45) is 19.2. The van der Waals surface area contributed by atoms with E-state index in [2.05, 4.69) is 12.2 Å². The van der Waals surface area contributed by atoms with Gasteiger partial charge in [0.1, 0.15) is 0 Å². The third-order valence-electron chi connectivity index (χ3n) is 5.37. The van der Waals surface area contributed by atoms with Crippen LogP contribution in [0.5, 0.6) is 0 Å². The molecule has 1 nitrogen and oxygen atoms in total. The first-order valence-electron chi connectivity index (χ1n) is 9.12. The van der Waals surface area contributed by atoms with Crippen molar-refractivity contribution >= 4 is 0 Å². The average Bonchev–Trinajstić information content (AvgIpc) is 2.79. The Morgan fingerprint density at radius 2 is 1.26 bits per heavy atom. The van der Waals surface area contributed by atoms with Crippen LogP contribution in [0.4, 0.5) is 0 Å². The van der Waals surface area contributed by atoms with E-state index in [0.717, 1.165) is 17.9 Å². The van der Waals surface area contributed by atoms with Gasteiger partial charge in [-0.3, -0.25) is 0 Å². The highest BCUT2D eigenvalue weighted by Gasteiger charge is 2.23. The highest BCUT2D eigenvalue weighted by atomic mass is 14.9. The van der Waals surface area contributed by atoms with E-state index < -0.39 is 0 Å². The quantitative estimate of drug-likeness (QED) is 0.616. The number of nitrogens with one attached hydrogen (secondary N) is 1. The van der Waals surface area contributed by atoms with Crippen LogP contribution in [-0.4, -0.2) is 12.6 Å². The van der Waals surface area contributed by atoms with Crippen molar-refractivity contribution in [1.29, 1.82) is 0 Å². The van der Waals surface area contributed by atoms with Gasteiger partial charge in [0, 0.05) is 6.04 Å². The lowest BCUT2D eigenvalue weighted by Crippen LogP contribution is -2.33. The molecule has 0 radical (unpaired) electrons. The Morgan fingerprint density at radius 1 is 0.789 bits per heavy atom. The van der Waals surface area contributed by atoms with Crippen LogP contribution in [0.25, 0.3) is 0 Å². The molecule has 1 N–H and O–H groups in total. The van der Waals surface area contributed by atoms with E-state index in [4.69, 9.17) is 0 Å². The minimum Gasteiger partial charge on any atom is -0.314 e. The molecule has 0 saturated heterocycles. The highest BCUT2D eigenvalue weighted by molar-refractivity contribution is 4.79. The normalized spacial score (nSPS) is 24.5. The molecule has 0 bridgehead atoms. The molecule has 2 aliphatic rings. The molecule has 1 heteroatoms. The predicted octanol–water partition coefficient (Wildman–Crippen LogP) is 5.30. The minimum atomic E-state index is 0.825. The fraction of sp³-hybridized carbons (Fsp3) is 1.00. The lowest BCUT2D eigenvalue weighted by atomic mass is 9.87. The second kappa shape index (κ2) is 9.00. The molecular formula is C18H35N. The van der Waals surface area contributed by atoms with Crippen molar-refractivity contribution in [3.8, 4) is 0 Å². The van der Waals surface area contributed by atoms with E-state index in [1.165, 1.54) is 90.0 Å². The molecule has 2 saturated carbocycles. The van der Waals surface area contributed by atoms with E-state index >= 15 is 0 Å². The van der Waals surface area contributed by atoms with Crippen molar-refractivity contribution in [3.05, 3.63) is 0 Å². The SMILES string of the molecule is CCCNC(CC1CCCCCC1)CC1CCCC1. The number of hydrogen-bond acceptors (Lipinski definition) is 1. The maximum Gasteiger partial charge on any atom is 0.00723 e. The summed E-state index contributed by atoms with van der Waals surface area (Å²) in [4.78, 5) is 0. The molecule has 0 spiro atoms. The second-order valence-electron chi connectivity index (χ2n) is 7.13. The Kier molecular flexibility index (Phi) is 7.27. The first-order valence-corrected chi connectivity index (χ1v) is 9.12. The van der Waals surface area contributed by atoms with Crippen LogP contribution >= 0.6 is 0 Å². The smallest absolute Gasteiger partial charge is 0.00723 e. The first-order chi connectivity index (χ1) is 9.38. The molecule has 0 aromatic rings. The van der Waals surface area contributed by atoms with Crippen molar-refractivity contribution < 1.29 is 0 Å². The second-order valence-corrected chi connectivity index (χ2v) is 7.13. The van der Waals surface area contributed by atoms with Crippen LogP contribution in [0, 0.1) is 11.8 Å². The highest BCUT2D eigenvalue weighted by Crippen LogP contribution is 2.32. The Hall–Kier alpha value is -0.0400. The van der Waals surface area contributed by atoms with Gasteiger partial charge in [-0.2, -0.15) is 0 Å². The van der Waals surface area contributed by atoms with E-state index in [1.54, 1.807) is 0 Å². The van der Waals surface area contributed by atoms with Gasteiger partial charge in [-0.1, -0.05) is 71.1 Å². The zero-order chi connectivity index (χ0) is 13.3. The molecule has 0 aromatic heterocycles. The van der Waals surface area contributed by atoms with Crippen molar-refractivity contribution in [2.24, 2.45) is 11.8 Å². The van der Waals surface area contributed by atoms with Gasteiger partial charge in [-0.25, -0.2) is 0 Å². The predicted molar refractivity (Wildman–Crippen MR) is 84.5 cm³/mol. The third-order valence-corrected chi connectivity index (χ3v) is 5.37. The standard InChI is InChI=1S/C18H35N/c1-2-13-19-18(15-17-11-7-8-12-17)14-16-9-5-3-4-6-10-16/h16-19H,2-15H2,1H3. The lowest BCUT2D eigenvalue weighted by molar-refractivity contribution is 0.305. The lowest BCUT2D eigenvalue weighted by Gasteiger charge is -2.26. The van der Waals surface area contributed by atoms with Crippen molar-refractivity contribution in [3.63, 3.8) is 0 Å². The molecule has 0 amide bonds. The van der Waals surface area contributed by atoms with Crippen LogP contribution in [0.3, 0.4) is 0 Å². The van der Waals surface area contributed by atoms with E-state index in [1.807, 2.05) is 0 Å². The molecular weight excluding hydrogens is 230 g/mol. The fourth-order valence-electron chi connectivity index (χ4n) is 4.26. The van der Waals surface area contributed by atoms with Crippen LogP contribution in [0.2, 0.25) is 0 Å². The molecule has 2 fully saturated rings. The van der Waals surface area contributed by atoms with Crippen LogP contribution in [0.15, 0.2) is 0 Å². The van der Waals surface area contributed by atoms with E-state index in [9.17, 15) is 0 Å². The van der Waals surface area contributed by atoms with Crippen molar-refractivity contribution in [2.45, 2.75) is 96.4 Å². The average molecular weight is 265 g/mol. The Labute approximate surface area is 120 Å². The molecule has 2 rings (SSSR count). The third kappa shape index (κ3) is 5.85. The molecule has 1 atom stereocenters. The Morgan fingerprint density at radius 3 is 1.74 bits per heavy atom. The summed E-state index contributed by atoms with van der Waals surface area (Å²) in [7, 11) is 0. The zero-order valence-electron chi connectivity index (χ0n) is 13.1. The number of rotatable bonds is 7. The summed E-state index contributed by atoms with van der Waals surface area (Å²) >= 11 is 0. The van der Waals surface area contributed by atoms with Crippen LogP contribution < -0.4 is 5.32 Å². The molecule has 2 aliphatic carbocycles. The molecule has 0 aliphatic heterocycles. The van der Waals surface area contributed by atoms with Gasteiger partial charge < -0.3 is 5.32 Å². The summed E-state index contributed by atoms with van der Waals surface area (Å²) in [6.45, 7) is 3.52. The maximum atomic E-state index is 3.86. The summed E-state index contributed by atoms with van der Waals surface area (Å²) in [5.74, 6) is 2.07. The van der Waals surface area contributed by atoms with Gasteiger partial charge in [0.2, 0.25) is 0 Å². The van der Waals surface area contributed by atoms with Gasteiger partial charge in [-0.15, -0.1) is 0 Å². The topological polar surface area (TPSA) is 12.0 Å². The summed E-state index contributed by atoms with van der Waals surface area (Å²) in [5.41, 5.74) is 0. The van der Waals surface area contributed by atoms with Gasteiger partial charge in [0.15, 0.2) is 0 Å². The molecule has 1 unspecified atom stereocenters. The van der Waals surface area contributed by atoms with E-state index in [0.29, 0.717) is 0 Å². The van der Waals surface area contributed by atoms with Crippen LogP contribution in [-0.2, 0) is 0 Å². The Balaban J connectivity index is 1.77. The summed E-state index contributed by atoms with van der Waals surface area (Å²) < 4.78 is 0. The van der Waals surface area contributed by atoms with Gasteiger partial charge in [0.25, 0.3) is 0 Å². The van der Waals surface area contributed by atoms with Crippen molar-refractivity contribution in [2.75, 3.05) is 6.54 Å². The Bertz CT molecular complexity index is 212. The number of hydrogen-bond donors (Lipinski definition) is 1. The first kappa shape index (κ1) is 15.4. The molecule has 0 aromatic carbocycles. The largest absolute Gasteiger partial charge is 0.314 e. The monoisotopic (exact) mass is 265 g/mol. The molecule has 19 heavy (non-hydrogen) atoms.